The van der Waals surface area contributed by atoms with Crippen LogP contribution in [0.15, 0.2) is 4.52 Å². The highest BCUT2D eigenvalue weighted by Crippen LogP contribution is 2.35. The van der Waals surface area contributed by atoms with Crippen LogP contribution < -0.4 is 5.73 Å². The Kier molecular flexibility index (Phi) is 2.54. The van der Waals surface area contributed by atoms with Crippen LogP contribution in [-0.2, 0) is 12.0 Å². The topological polar surface area (TPSA) is 64.9 Å². The third-order valence-corrected chi connectivity index (χ3v) is 2.86. The first-order valence-electron chi connectivity index (χ1n) is 5.36. The zero-order valence-electron chi connectivity index (χ0n) is 8.62. The van der Waals surface area contributed by atoms with Gasteiger partial charge in [-0.25, -0.2) is 0 Å². The number of nitrogens with zero attached hydrogens (tertiary/aromatic N) is 2. The van der Waals surface area contributed by atoms with Crippen LogP contribution in [0.1, 0.15) is 50.7 Å². The molecule has 0 aliphatic heterocycles. The minimum absolute atomic E-state index is 0.334. The molecule has 0 aromatic carbocycles. The van der Waals surface area contributed by atoms with Crippen molar-refractivity contribution in [3.63, 3.8) is 0 Å². The molecule has 1 aromatic heterocycles. The SMILES string of the molecule is CCCc1noc(C2(N)CCCC2)n1. The van der Waals surface area contributed by atoms with Gasteiger partial charge in [0, 0.05) is 6.42 Å². The number of aromatic nitrogens is 2. The highest BCUT2D eigenvalue weighted by Gasteiger charge is 2.36. The minimum Gasteiger partial charge on any atom is -0.337 e. The van der Waals surface area contributed by atoms with E-state index in [0.717, 1.165) is 31.5 Å². The largest absolute Gasteiger partial charge is 0.337 e. The van der Waals surface area contributed by atoms with Crippen molar-refractivity contribution in [1.82, 2.24) is 10.1 Å². The molecule has 1 fully saturated rings. The van der Waals surface area contributed by atoms with Crippen molar-refractivity contribution in [1.29, 1.82) is 0 Å². The van der Waals surface area contributed by atoms with Gasteiger partial charge in [0.15, 0.2) is 5.82 Å². The lowest BCUT2D eigenvalue weighted by molar-refractivity contribution is 0.283. The Hall–Kier alpha value is -0.900. The summed E-state index contributed by atoms with van der Waals surface area (Å²) in [7, 11) is 0. The van der Waals surface area contributed by atoms with Crippen LogP contribution in [0.25, 0.3) is 0 Å². The molecule has 0 radical (unpaired) electrons. The Bertz CT molecular complexity index is 302. The van der Waals surface area contributed by atoms with Gasteiger partial charge in [0.25, 0.3) is 0 Å². The molecule has 0 amide bonds. The van der Waals surface area contributed by atoms with Crippen LogP contribution in [0.2, 0.25) is 0 Å². The second-order valence-electron chi connectivity index (χ2n) is 4.13. The average molecular weight is 195 g/mol. The van der Waals surface area contributed by atoms with Crippen molar-refractivity contribution in [3.8, 4) is 0 Å². The lowest BCUT2D eigenvalue weighted by Gasteiger charge is -2.17. The summed E-state index contributed by atoms with van der Waals surface area (Å²) in [5.41, 5.74) is 5.86. The van der Waals surface area contributed by atoms with Crippen molar-refractivity contribution in [2.75, 3.05) is 0 Å². The molecule has 2 rings (SSSR count). The Morgan fingerprint density at radius 2 is 2.14 bits per heavy atom. The molecule has 4 nitrogen and oxygen atoms in total. The maximum absolute atomic E-state index is 6.19. The molecule has 1 heterocycles. The monoisotopic (exact) mass is 195 g/mol. The van der Waals surface area contributed by atoms with Gasteiger partial charge in [-0.2, -0.15) is 4.98 Å². The van der Waals surface area contributed by atoms with E-state index in [1.807, 2.05) is 0 Å². The van der Waals surface area contributed by atoms with E-state index in [2.05, 4.69) is 17.1 Å². The molecule has 4 heteroatoms. The van der Waals surface area contributed by atoms with E-state index in [-0.39, 0.29) is 5.54 Å². The Morgan fingerprint density at radius 3 is 2.79 bits per heavy atom. The second kappa shape index (κ2) is 3.69. The summed E-state index contributed by atoms with van der Waals surface area (Å²) in [4.78, 5) is 4.35. The van der Waals surface area contributed by atoms with Crippen LogP contribution in [-0.4, -0.2) is 10.1 Å². The summed E-state index contributed by atoms with van der Waals surface area (Å²) in [6, 6.07) is 0. The molecular weight excluding hydrogens is 178 g/mol. The van der Waals surface area contributed by atoms with Gasteiger partial charge in [-0.05, 0) is 19.3 Å². The normalized spacial score (nSPS) is 20.1. The first-order valence-corrected chi connectivity index (χ1v) is 5.36. The van der Waals surface area contributed by atoms with Gasteiger partial charge < -0.3 is 10.3 Å². The predicted molar refractivity (Wildman–Crippen MR) is 52.6 cm³/mol. The fourth-order valence-corrected chi connectivity index (χ4v) is 2.00. The molecular formula is C10H17N3O. The first-order chi connectivity index (χ1) is 6.74. The smallest absolute Gasteiger partial charge is 0.246 e. The van der Waals surface area contributed by atoms with Gasteiger partial charge in [-0.3, -0.25) is 0 Å². The summed E-state index contributed by atoms with van der Waals surface area (Å²) in [6.45, 7) is 2.10. The van der Waals surface area contributed by atoms with E-state index >= 15 is 0 Å². The highest BCUT2D eigenvalue weighted by atomic mass is 16.5. The molecule has 0 unspecified atom stereocenters. The molecule has 14 heavy (non-hydrogen) atoms. The van der Waals surface area contributed by atoms with E-state index in [4.69, 9.17) is 10.3 Å². The van der Waals surface area contributed by atoms with Gasteiger partial charge in [0.2, 0.25) is 5.89 Å². The number of rotatable bonds is 3. The van der Waals surface area contributed by atoms with E-state index in [9.17, 15) is 0 Å². The number of hydrogen-bond acceptors (Lipinski definition) is 4. The summed E-state index contributed by atoms with van der Waals surface area (Å²) in [5, 5.41) is 3.93. The van der Waals surface area contributed by atoms with Crippen molar-refractivity contribution in [3.05, 3.63) is 11.7 Å². The van der Waals surface area contributed by atoms with Crippen LogP contribution >= 0.6 is 0 Å². The lowest BCUT2D eigenvalue weighted by Crippen LogP contribution is -2.33. The van der Waals surface area contributed by atoms with Crippen molar-refractivity contribution >= 4 is 0 Å². The van der Waals surface area contributed by atoms with E-state index in [1.54, 1.807) is 0 Å². The second-order valence-corrected chi connectivity index (χ2v) is 4.13. The molecule has 1 saturated carbocycles. The quantitative estimate of drug-likeness (QED) is 0.798. The predicted octanol–water partition coefficient (Wildman–Crippen LogP) is 1.75. The standard InChI is InChI=1S/C10H17N3O/c1-2-5-8-12-9(14-13-8)10(11)6-3-4-7-10/h2-7,11H2,1H3. The van der Waals surface area contributed by atoms with Gasteiger partial charge in [-0.1, -0.05) is 24.9 Å². The molecule has 0 atom stereocenters. The van der Waals surface area contributed by atoms with E-state index < -0.39 is 0 Å². The first kappa shape index (κ1) is 9.65. The molecule has 1 aromatic rings. The van der Waals surface area contributed by atoms with Crippen molar-refractivity contribution < 1.29 is 4.52 Å². The summed E-state index contributed by atoms with van der Waals surface area (Å²) >= 11 is 0. The van der Waals surface area contributed by atoms with Gasteiger partial charge in [-0.15, -0.1) is 0 Å². The summed E-state index contributed by atoms with van der Waals surface area (Å²) < 4.78 is 5.22. The summed E-state index contributed by atoms with van der Waals surface area (Å²) in [5.74, 6) is 1.43. The highest BCUT2D eigenvalue weighted by molar-refractivity contribution is 5.04. The maximum atomic E-state index is 6.19. The zero-order valence-corrected chi connectivity index (χ0v) is 8.62. The lowest BCUT2D eigenvalue weighted by atomic mass is 9.99. The fourth-order valence-electron chi connectivity index (χ4n) is 2.00. The fraction of sp³-hybridized carbons (Fsp3) is 0.800. The Labute approximate surface area is 83.9 Å². The molecule has 1 aliphatic rings. The van der Waals surface area contributed by atoms with Crippen molar-refractivity contribution in [2.24, 2.45) is 5.73 Å². The number of nitrogens with two attached hydrogens (primary N) is 1. The average Bonchev–Trinajstić information content (AvgIpc) is 2.75. The van der Waals surface area contributed by atoms with Crippen molar-refractivity contribution in [2.45, 2.75) is 51.0 Å². The molecule has 0 bridgehead atoms. The van der Waals surface area contributed by atoms with Gasteiger partial charge >= 0.3 is 0 Å². The number of aryl methyl sites for hydroxylation is 1. The van der Waals surface area contributed by atoms with Crippen LogP contribution in [0.3, 0.4) is 0 Å². The maximum Gasteiger partial charge on any atom is 0.246 e. The Balaban J connectivity index is 2.15. The molecule has 2 N–H and O–H groups in total. The molecule has 0 saturated heterocycles. The van der Waals surface area contributed by atoms with Gasteiger partial charge in [0.05, 0.1) is 5.54 Å². The molecule has 0 spiro atoms. The third-order valence-electron chi connectivity index (χ3n) is 2.86. The Morgan fingerprint density at radius 1 is 1.43 bits per heavy atom. The van der Waals surface area contributed by atoms with Crippen LogP contribution in [0, 0.1) is 0 Å². The minimum atomic E-state index is -0.334. The zero-order chi connectivity index (χ0) is 10.0. The van der Waals surface area contributed by atoms with E-state index in [0.29, 0.717) is 5.89 Å². The van der Waals surface area contributed by atoms with Crippen LogP contribution in [0.5, 0.6) is 0 Å². The third kappa shape index (κ3) is 1.66. The number of hydrogen-bond donors (Lipinski definition) is 1. The van der Waals surface area contributed by atoms with Crippen LogP contribution in [0.4, 0.5) is 0 Å². The summed E-state index contributed by atoms with van der Waals surface area (Å²) in [6.07, 6.45) is 6.20. The molecule has 78 valence electrons. The molecule has 1 aliphatic carbocycles. The van der Waals surface area contributed by atoms with E-state index in [1.165, 1.54) is 12.8 Å². The van der Waals surface area contributed by atoms with Gasteiger partial charge in [0.1, 0.15) is 0 Å².